The Hall–Kier alpha value is -2.24. The highest BCUT2D eigenvalue weighted by Gasteiger charge is 2.20. The van der Waals surface area contributed by atoms with Crippen molar-refractivity contribution in [2.45, 2.75) is 39.3 Å². The van der Waals surface area contributed by atoms with Crippen molar-refractivity contribution in [3.05, 3.63) is 58.1 Å². The van der Waals surface area contributed by atoms with Gasteiger partial charge in [0.2, 0.25) is 0 Å². The molecule has 2 aromatic carbocycles. The third-order valence-electron chi connectivity index (χ3n) is 4.31. The lowest BCUT2D eigenvalue weighted by atomic mass is 9.92. The molecule has 0 aliphatic carbocycles. The highest BCUT2D eigenvalue weighted by Crippen LogP contribution is 2.36. The monoisotopic (exact) mass is 390 g/mol. The first kappa shape index (κ1) is 21.1. The van der Waals surface area contributed by atoms with E-state index in [1.807, 2.05) is 6.07 Å². The van der Waals surface area contributed by atoms with Crippen molar-refractivity contribution >= 4 is 17.5 Å². The van der Waals surface area contributed by atoms with Gasteiger partial charge in [0.1, 0.15) is 0 Å². The molecule has 0 saturated carbocycles. The molecular formula is C21H27ClN2O3. The van der Waals surface area contributed by atoms with Gasteiger partial charge in [0.25, 0.3) is 5.91 Å². The van der Waals surface area contributed by atoms with Gasteiger partial charge in [-0.2, -0.15) is 0 Å². The van der Waals surface area contributed by atoms with Gasteiger partial charge in [-0.1, -0.05) is 35.9 Å². The second kappa shape index (κ2) is 9.11. The molecule has 146 valence electrons. The Morgan fingerprint density at radius 2 is 1.96 bits per heavy atom. The molecule has 0 radical (unpaired) electrons. The zero-order valence-corrected chi connectivity index (χ0v) is 17.0. The Kier molecular flexibility index (Phi) is 7.11. The van der Waals surface area contributed by atoms with Crippen LogP contribution in [0.25, 0.3) is 0 Å². The van der Waals surface area contributed by atoms with Crippen LogP contribution in [0.15, 0.2) is 36.4 Å². The van der Waals surface area contributed by atoms with Gasteiger partial charge in [0, 0.05) is 12.1 Å². The number of nitrogens with one attached hydrogen (secondary N) is 1. The van der Waals surface area contributed by atoms with Gasteiger partial charge in [0.15, 0.2) is 18.1 Å². The van der Waals surface area contributed by atoms with E-state index in [4.69, 9.17) is 26.8 Å². The van der Waals surface area contributed by atoms with Crippen LogP contribution in [0.4, 0.5) is 0 Å². The lowest BCUT2D eigenvalue weighted by molar-refractivity contribution is -0.119. The number of halogens is 1. The molecule has 0 aliphatic rings. The third kappa shape index (κ3) is 6.15. The maximum Gasteiger partial charge on any atom is 0.255 e. The summed E-state index contributed by atoms with van der Waals surface area (Å²) in [6, 6.07) is 12.0. The van der Waals surface area contributed by atoms with E-state index in [2.05, 4.69) is 50.4 Å². The first-order valence-corrected chi connectivity index (χ1v) is 9.16. The van der Waals surface area contributed by atoms with Gasteiger partial charge in [0.05, 0.1) is 12.1 Å². The van der Waals surface area contributed by atoms with E-state index < -0.39 is 5.91 Å². The molecular weight excluding hydrogens is 364 g/mol. The van der Waals surface area contributed by atoms with Crippen LogP contribution in [0.2, 0.25) is 5.02 Å². The van der Waals surface area contributed by atoms with Crippen LogP contribution in [-0.2, 0) is 17.8 Å². The van der Waals surface area contributed by atoms with E-state index in [-0.39, 0.29) is 12.1 Å². The van der Waals surface area contributed by atoms with Crippen molar-refractivity contribution in [1.29, 1.82) is 0 Å². The van der Waals surface area contributed by atoms with Gasteiger partial charge in [-0.3, -0.25) is 4.79 Å². The quantitative estimate of drug-likeness (QED) is 0.685. The van der Waals surface area contributed by atoms with E-state index in [1.165, 1.54) is 18.2 Å². The van der Waals surface area contributed by atoms with Gasteiger partial charge >= 0.3 is 0 Å². The number of carbonyl (C=O) groups is 1. The number of amides is 1. The Labute approximate surface area is 165 Å². The number of aryl methyl sites for hydroxylation is 1. The number of hydrogen-bond acceptors (Lipinski definition) is 4. The molecule has 1 amide bonds. The maximum atomic E-state index is 10.9. The fraction of sp³-hybridized carbons (Fsp3) is 0.381. The van der Waals surface area contributed by atoms with Crippen LogP contribution in [0.1, 0.15) is 30.5 Å². The summed E-state index contributed by atoms with van der Waals surface area (Å²) in [6.45, 7) is 6.83. The summed E-state index contributed by atoms with van der Waals surface area (Å²) in [5.74, 6) is 0.218. The molecule has 0 heterocycles. The fourth-order valence-corrected chi connectivity index (χ4v) is 3.13. The summed E-state index contributed by atoms with van der Waals surface area (Å²) in [4.78, 5) is 10.9. The van der Waals surface area contributed by atoms with Crippen molar-refractivity contribution in [2.24, 2.45) is 5.73 Å². The Morgan fingerprint density at radius 1 is 1.26 bits per heavy atom. The molecule has 0 fully saturated rings. The molecule has 3 N–H and O–H groups in total. The van der Waals surface area contributed by atoms with Crippen molar-refractivity contribution in [1.82, 2.24) is 5.32 Å². The Bertz CT molecular complexity index is 806. The van der Waals surface area contributed by atoms with E-state index in [0.29, 0.717) is 23.1 Å². The lowest BCUT2D eigenvalue weighted by Crippen LogP contribution is -2.40. The van der Waals surface area contributed by atoms with Gasteiger partial charge in [-0.15, -0.1) is 0 Å². The largest absolute Gasteiger partial charge is 0.493 e. The fourth-order valence-electron chi connectivity index (χ4n) is 2.85. The summed E-state index contributed by atoms with van der Waals surface area (Å²) < 4.78 is 10.7. The van der Waals surface area contributed by atoms with Gasteiger partial charge in [-0.05, 0) is 56.0 Å². The molecule has 0 spiro atoms. The molecule has 5 nitrogen and oxygen atoms in total. The minimum absolute atomic E-state index is 0.104. The summed E-state index contributed by atoms with van der Waals surface area (Å²) in [6.07, 6.45) is 0.907. The number of hydrogen-bond donors (Lipinski definition) is 2. The molecule has 2 aromatic rings. The minimum atomic E-state index is -0.572. The smallest absolute Gasteiger partial charge is 0.255 e. The van der Waals surface area contributed by atoms with Crippen LogP contribution in [0.3, 0.4) is 0 Å². The van der Waals surface area contributed by atoms with Crippen LogP contribution in [0, 0.1) is 6.92 Å². The molecule has 0 aromatic heterocycles. The molecule has 27 heavy (non-hydrogen) atoms. The average Bonchev–Trinajstić information content (AvgIpc) is 2.60. The number of nitrogens with two attached hydrogens (primary N) is 1. The summed E-state index contributed by atoms with van der Waals surface area (Å²) in [5.41, 5.74) is 8.58. The first-order chi connectivity index (χ1) is 12.7. The zero-order chi connectivity index (χ0) is 20.0. The van der Waals surface area contributed by atoms with Crippen LogP contribution in [0.5, 0.6) is 11.5 Å². The molecule has 0 unspecified atom stereocenters. The standard InChI is InChI=1S/C21H27ClN2O3/c1-14-7-5-6-8-16(14)11-21(2,3)24-12-15-9-17(22)20(18(10-15)26-4)27-13-19(23)25/h5-10,24H,11-13H2,1-4H3,(H2,23,25). The van der Waals surface area contributed by atoms with Crippen molar-refractivity contribution in [2.75, 3.05) is 13.7 Å². The average molecular weight is 391 g/mol. The van der Waals surface area contributed by atoms with Crippen molar-refractivity contribution in [3.63, 3.8) is 0 Å². The number of methoxy groups -OCH3 is 1. The Morgan fingerprint density at radius 3 is 2.59 bits per heavy atom. The molecule has 0 atom stereocenters. The topological polar surface area (TPSA) is 73.6 Å². The molecule has 2 rings (SSSR count). The molecule has 0 bridgehead atoms. The maximum absolute atomic E-state index is 10.9. The van der Waals surface area contributed by atoms with E-state index in [0.717, 1.165) is 12.0 Å². The molecule has 0 saturated heterocycles. The summed E-state index contributed by atoms with van der Waals surface area (Å²) in [5, 5.41) is 3.95. The van der Waals surface area contributed by atoms with Gasteiger partial charge < -0.3 is 20.5 Å². The van der Waals surface area contributed by atoms with E-state index in [1.54, 1.807) is 6.07 Å². The third-order valence-corrected chi connectivity index (χ3v) is 4.59. The number of benzene rings is 2. The first-order valence-electron chi connectivity index (χ1n) is 8.79. The predicted molar refractivity (Wildman–Crippen MR) is 108 cm³/mol. The van der Waals surface area contributed by atoms with Crippen molar-refractivity contribution < 1.29 is 14.3 Å². The van der Waals surface area contributed by atoms with E-state index >= 15 is 0 Å². The number of ether oxygens (including phenoxy) is 2. The SMILES string of the molecule is COc1cc(CNC(C)(C)Cc2ccccc2C)cc(Cl)c1OCC(N)=O. The second-order valence-electron chi connectivity index (χ2n) is 7.20. The van der Waals surface area contributed by atoms with E-state index in [9.17, 15) is 4.79 Å². The number of primary amides is 1. The number of carbonyl (C=O) groups excluding carboxylic acids is 1. The van der Waals surface area contributed by atoms with Crippen LogP contribution < -0.4 is 20.5 Å². The highest BCUT2D eigenvalue weighted by atomic mass is 35.5. The lowest BCUT2D eigenvalue weighted by Gasteiger charge is -2.27. The van der Waals surface area contributed by atoms with Gasteiger partial charge in [-0.25, -0.2) is 0 Å². The second-order valence-corrected chi connectivity index (χ2v) is 7.61. The molecule has 6 heteroatoms. The summed E-state index contributed by atoms with van der Waals surface area (Å²) >= 11 is 6.31. The zero-order valence-electron chi connectivity index (χ0n) is 16.3. The predicted octanol–water partition coefficient (Wildman–Crippen LogP) is 3.63. The van der Waals surface area contributed by atoms with Crippen LogP contribution >= 0.6 is 11.6 Å². The van der Waals surface area contributed by atoms with Crippen LogP contribution in [-0.4, -0.2) is 25.2 Å². The Balaban J connectivity index is 2.09. The normalized spacial score (nSPS) is 11.3. The highest BCUT2D eigenvalue weighted by molar-refractivity contribution is 6.32. The van der Waals surface area contributed by atoms with Crippen molar-refractivity contribution in [3.8, 4) is 11.5 Å². The molecule has 0 aliphatic heterocycles. The number of rotatable bonds is 9. The minimum Gasteiger partial charge on any atom is -0.493 e. The summed E-state index contributed by atoms with van der Waals surface area (Å²) in [7, 11) is 1.53.